The van der Waals surface area contributed by atoms with Crippen LogP contribution in [0, 0.1) is 0 Å². The fraction of sp³-hybridized carbons (Fsp3) is 0.647. The number of anilines is 1. The fourth-order valence-electron chi connectivity index (χ4n) is 2.98. The van der Waals surface area contributed by atoms with Crippen LogP contribution in [-0.2, 0) is 6.54 Å². The third-order valence-electron chi connectivity index (χ3n) is 4.59. The number of halogens is 1. The molecular formula is C17H25ClN2O. The molecule has 3 rings (SSSR count). The van der Waals surface area contributed by atoms with E-state index in [0.29, 0.717) is 12.1 Å². The Hall–Kier alpha value is -0.770. The minimum atomic E-state index is 0.239. The first kappa shape index (κ1) is 15.1. The van der Waals surface area contributed by atoms with Gasteiger partial charge in [-0.3, -0.25) is 0 Å². The van der Waals surface area contributed by atoms with Crippen LogP contribution in [0.4, 0.5) is 5.69 Å². The van der Waals surface area contributed by atoms with Gasteiger partial charge in [0.1, 0.15) is 0 Å². The molecule has 116 valence electrons. The maximum atomic E-state index is 9.19. The van der Waals surface area contributed by atoms with Gasteiger partial charge in [0.25, 0.3) is 0 Å². The average Bonchev–Trinajstić information content (AvgIpc) is 3.23. The summed E-state index contributed by atoms with van der Waals surface area (Å²) in [6.07, 6.45) is 7.19. The maximum absolute atomic E-state index is 9.19. The van der Waals surface area contributed by atoms with Gasteiger partial charge in [0.15, 0.2) is 0 Å². The lowest BCUT2D eigenvalue weighted by Gasteiger charge is -2.40. The highest BCUT2D eigenvalue weighted by atomic mass is 35.5. The molecule has 3 nitrogen and oxygen atoms in total. The summed E-state index contributed by atoms with van der Waals surface area (Å²) in [6.45, 7) is 2.02. The van der Waals surface area contributed by atoms with Crippen LogP contribution < -0.4 is 10.2 Å². The fourth-order valence-corrected chi connectivity index (χ4v) is 3.29. The lowest BCUT2D eigenvalue weighted by molar-refractivity contribution is 0.283. The molecule has 0 unspecified atom stereocenters. The predicted molar refractivity (Wildman–Crippen MR) is 88.0 cm³/mol. The van der Waals surface area contributed by atoms with Gasteiger partial charge < -0.3 is 15.3 Å². The Labute approximate surface area is 132 Å². The normalized spacial score (nSPS) is 18.6. The SMILES string of the molecule is OCCCN(c1c(Cl)cccc1CNC1CC1)C1CCC1. The molecule has 0 bridgehead atoms. The molecule has 0 radical (unpaired) electrons. The Morgan fingerprint density at radius 3 is 2.67 bits per heavy atom. The van der Waals surface area contributed by atoms with Crippen LogP contribution in [0.2, 0.25) is 5.02 Å². The molecule has 2 aliphatic carbocycles. The van der Waals surface area contributed by atoms with E-state index in [1.807, 2.05) is 12.1 Å². The van der Waals surface area contributed by atoms with E-state index in [2.05, 4.69) is 16.3 Å². The highest BCUT2D eigenvalue weighted by Gasteiger charge is 2.28. The van der Waals surface area contributed by atoms with Crippen molar-refractivity contribution in [2.75, 3.05) is 18.1 Å². The van der Waals surface area contributed by atoms with Crippen molar-refractivity contribution in [2.24, 2.45) is 0 Å². The van der Waals surface area contributed by atoms with E-state index in [1.165, 1.54) is 43.4 Å². The first-order valence-corrected chi connectivity index (χ1v) is 8.55. The van der Waals surface area contributed by atoms with Crippen LogP contribution in [0.1, 0.15) is 44.1 Å². The van der Waals surface area contributed by atoms with Gasteiger partial charge in [-0.15, -0.1) is 0 Å². The van der Waals surface area contributed by atoms with Gasteiger partial charge in [0.05, 0.1) is 10.7 Å². The number of hydrogen-bond donors (Lipinski definition) is 2. The predicted octanol–water partition coefficient (Wildman–Crippen LogP) is 3.33. The zero-order chi connectivity index (χ0) is 14.7. The molecule has 0 aromatic heterocycles. The third kappa shape index (κ3) is 3.71. The molecule has 0 atom stereocenters. The topological polar surface area (TPSA) is 35.5 Å². The number of para-hydroxylation sites is 1. The summed E-state index contributed by atoms with van der Waals surface area (Å²) in [6, 6.07) is 7.51. The number of aliphatic hydroxyl groups excluding tert-OH is 1. The molecule has 2 fully saturated rings. The van der Waals surface area contributed by atoms with Crippen LogP contribution in [-0.4, -0.2) is 30.3 Å². The quantitative estimate of drug-likeness (QED) is 0.773. The highest BCUT2D eigenvalue weighted by Crippen LogP contribution is 2.37. The second-order valence-electron chi connectivity index (χ2n) is 6.26. The summed E-state index contributed by atoms with van der Waals surface area (Å²) in [7, 11) is 0. The van der Waals surface area contributed by atoms with Gasteiger partial charge >= 0.3 is 0 Å². The van der Waals surface area contributed by atoms with Gasteiger partial charge in [-0.25, -0.2) is 0 Å². The van der Waals surface area contributed by atoms with E-state index in [9.17, 15) is 5.11 Å². The number of nitrogens with one attached hydrogen (secondary N) is 1. The third-order valence-corrected chi connectivity index (χ3v) is 4.89. The summed E-state index contributed by atoms with van der Waals surface area (Å²) in [5, 5.41) is 13.6. The van der Waals surface area contributed by atoms with Gasteiger partial charge in [-0.2, -0.15) is 0 Å². The van der Waals surface area contributed by atoms with Crippen molar-refractivity contribution in [2.45, 2.75) is 57.2 Å². The minimum absolute atomic E-state index is 0.239. The smallest absolute Gasteiger partial charge is 0.0643 e. The highest BCUT2D eigenvalue weighted by molar-refractivity contribution is 6.33. The van der Waals surface area contributed by atoms with E-state index in [1.54, 1.807) is 0 Å². The van der Waals surface area contributed by atoms with Crippen molar-refractivity contribution in [3.8, 4) is 0 Å². The van der Waals surface area contributed by atoms with E-state index in [4.69, 9.17) is 11.6 Å². The molecular weight excluding hydrogens is 284 g/mol. The van der Waals surface area contributed by atoms with Crippen LogP contribution >= 0.6 is 11.6 Å². The number of hydrogen-bond acceptors (Lipinski definition) is 3. The average molecular weight is 309 g/mol. The Bertz CT molecular complexity index is 472. The lowest BCUT2D eigenvalue weighted by Crippen LogP contribution is -2.42. The molecule has 2 saturated carbocycles. The van der Waals surface area contributed by atoms with Gasteiger partial charge in [-0.05, 0) is 50.2 Å². The monoisotopic (exact) mass is 308 g/mol. The largest absolute Gasteiger partial charge is 0.396 e. The second kappa shape index (κ2) is 6.99. The van der Waals surface area contributed by atoms with E-state index in [0.717, 1.165) is 24.5 Å². The molecule has 0 saturated heterocycles. The summed E-state index contributed by atoms with van der Waals surface area (Å²) >= 11 is 6.53. The van der Waals surface area contributed by atoms with Crippen molar-refractivity contribution in [1.29, 1.82) is 0 Å². The number of nitrogens with zero attached hydrogens (tertiary/aromatic N) is 1. The zero-order valence-electron chi connectivity index (χ0n) is 12.5. The summed E-state index contributed by atoms with van der Waals surface area (Å²) < 4.78 is 0. The molecule has 1 aromatic rings. The summed E-state index contributed by atoms with van der Waals surface area (Å²) in [5.41, 5.74) is 2.48. The van der Waals surface area contributed by atoms with Crippen LogP contribution in [0.25, 0.3) is 0 Å². The molecule has 2 N–H and O–H groups in total. The Morgan fingerprint density at radius 2 is 2.05 bits per heavy atom. The number of aliphatic hydroxyl groups is 1. The Balaban J connectivity index is 1.80. The summed E-state index contributed by atoms with van der Waals surface area (Å²) in [5.74, 6) is 0. The molecule has 0 spiro atoms. The second-order valence-corrected chi connectivity index (χ2v) is 6.67. The first-order valence-electron chi connectivity index (χ1n) is 8.18. The number of rotatable bonds is 8. The van der Waals surface area contributed by atoms with Crippen molar-refractivity contribution < 1.29 is 5.11 Å². The van der Waals surface area contributed by atoms with Crippen molar-refractivity contribution >= 4 is 17.3 Å². The van der Waals surface area contributed by atoms with E-state index < -0.39 is 0 Å². The first-order chi connectivity index (χ1) is 10.3. The van der Waals surface area contributed by atoms with Gasteiger partial charge in [0, 0.05) is 31.8 Å². The van der Waals surface area contributed by atoms with Crippen molar-refractivity contribution in [3.63, 3.8) is 0 Å². The molecule has 0 amide bonds. The molecule has 0 aliphatic heterocycles. The van der Waals surface area contributed by atoms with E-state index in [-0.39, 0.29) is 6.61 Å². The zero-order valence-corrected chi connectivity index (χ0v) is 13.3. The van der Waals surface area contributed by atoms with Crippen molar-refractivity contribution in [1.82, 2.24) is 5.32 Å². The van der Waals surface area contributed by atoms with Gasteiger partial charge in [-0.1, -0.05) is 23.7 Å². The number of benzene rings is 1. The molecule has 0 heterocycles. The molecule has 2 aliphatic rings. The standard InChI is InChI=1S/C17H25ClN2O/c18-16-7-1-4-13(12-19-14-8-9-14)17(16)20(10-3-11-21)15-5-2-6-15/h1,4,7,14-15,19,21H,2-3,5-6,8-12H2. The summed E-state index contributed by atoms with van der Waals surface area (Å²) in [4.78, 5) is 2.44. The maximum Gasteiger partial charge on any atom is 0.0643 e. The van der Waals surface area contributed by atoms with Gasteiger partial charge in [0.2, 0.25) is 0 Å². The Morgan fingerprint density at radius 1 is 1.24 bits per heavy atom. The minimum Gasteiger partial charge on any atom is -0.396 e. The van der Waals surface area contributed by atoms with Crippen LogP contribution in [0.5, 0.6) is 0 Å². The van der Waals surface area contributed by atoms with Crippen LogP contribution in [0.3, 0.4) is 0 Å². The van der Waals surface area contributed by atoms with Crippen LogP contribution in [0.15, 0.2) is 18.2 Å². The Kier molecular flexibility index (Phi) is 5.04. The molecule has 1 aromatic carbocycles. The lowest BCUT2D eigenvalue weighted by atomic mass is 9.90. The van der Waals surface area contributed by atoms with Crippen molar-refractivity contribution in [3.05, 3.63) is 28.8 Å². The molecule has 4 heteroatoms. The van der Waals surface area contributed by atoms with E-state index >= 15 is 0 Å². The molecule has 21 heavy (non-hydrogen) atoms.